The van der Waals surface area contributed by atoms with Gasteiger partial charge in [-0.25, -0.2) is 0 Å². The van der Waals surface area contributed by atoms with Gasteiger partial charge in [0.05, 0.1) is 0 Å². The maximum absolute atomic E-state index is 2.26. The standard InChI is InChI=1S/C18H18S4/c1-5-15(19-9-17-11-21-17)6-2-13(1)14-3-7-16(8-4-14)20-10-18-12-22-18/h1-8,17-18H,9-12H2. The number of benzene rings is 2. The quantitative estimate of drug-likeness (QED) is 0.453. The number of hydrogen-bond acceptors (Lipinski definition) is 4. The highest BCUT2D eigenvalue weighted by Crippen LogP contribution is 2.37. The van der Waals surface area contributed by atoms with Gasteiger partial charge in [0.25, 0.3) is 0 Å². The summed E-state index contributed by atoms with van der Waals surface area (Å²) in [7, 11) is 0. The highest BCUT2D eigenvalue weighted by Gasteiger charge is 2.22. The predicted octanol–water partition coefficient (Wildman–Crippen LogP) is 5.77. The fourth-order valence-corrected chi connectivity index (χ4v) is 5.83. The zero-order valence-corrected chi connectivity index (χ0v) is 15.5. The minimum absolute atomic E-state index is 0.906. The van der Waals surface area contributed by atoms with Gasteiger partial charge in [-0.1, -0.05) is 24.3 Å². The van der Waals surface area contributed by atoms with Crippen molar-refractivity contribution in [2.75, 3.05) is 23.0 Å². The first kappa shape index (κ1) is 15.4. The molecule has 2 fully saturated rings. The zero-order valence-electron chi connectivity index (χ0n) is 12.2. The first-order valence-corrected chi connectivity index (χ1v) is 11.6. The summed E-state index contributed by atoms with van der Waals surface area (Å²) in [5.74, 6) is 5.23. The van der Waals surface area contributed by atoms with Crippen molar-refractivity contribution in [3.05, 3.63) is 48.5 Å². The smallest absolute Gasteiger partial charge is 0.0232 e. The van der Waals surface area contributed by atoms with E-state index in [-0.39, 0.29) is 0 Å². The minimum Gasteiger partial charge on any atom is -0.156 e. The van der Waals surface area contributed by atoms with Gasteiger partial charge in [0, 0.05) is 43.3 Å². The molecule has 4 rings (SSSR count). The van der Waals surface area contributed by atoms with Crippen LogP contribution in [0.1, 0.15) is 0 Å². The predicted molar refractivity (Wildman–Crippen MR) is 106 cm³/mol. The second kappa shape index (κ2) is 7.16. The minimum atomic E-state index is 0.906. The van der Waals surface area contributed by atoms with Gasteiger partial charge in [-0.05, 0) is 35.4 Å². The number of rotatable bonds is 7. The molecule has 2 aromatic rings. The summed E-state index contributed by atoms with van der Waals surface area (Å²) < 4.78 is 0. The third kappa shape index (κ3) is 4.44. The van der Waals surface area contributed by atoms with Gasteiger partial charge in [0.1, 0.15) is 0 Å². The largest absolute Gasteiger partial charge is 0.156 e. The summed E-state index contributed by atoms with van der Waals surface area (Å²) in [5.41, 5.74) is 2.64. The van der Waals surface area contributed by atoms with Crippen LogP contribution < -0.4 is 0 Å². The average Bonchev–Trinajstić information content (AvgIpc) is 3.47. The molecule has 2 unspecified atom stereocenters. The Labute approximate surface area is 149 Å². The zero-order chi connectivity index (χ0) is 14.8. The molecule has 0 aromatic heterocycles. The van der Waals surface area contributed by atoms with Gasteiger partial charge < -0.3 is 0 Å². The van der Waals surface area contributed by atoms with Crippen LogP contribution in [0.3, 0.4) is 0 Å². The molecule has 0 aliphatic carbocycles. The van der Waals surface area contributed by atoms with E-state index in [1.165, 1.54) is 43.9 Å². The van der Waals surface area contributed by atoms with Crippen molar-refractivity contribution in [3.8, 4) is 11.1 Å². The fourth-order valence-electron chi connectivity index (χ4n) is 2.19. The molecular weight excluding hydrogens is 344 g/mol. The van der Waals surface area contributed by atoms with Gasteiger partial charge in [-0.15, -0.1) is 23.5 Å². The molecule has 2 aliphatic rings. The van der Waals surface area contributed by atoms with Crippen LogP contribution in [0, 0.1) is 0 Å². The molecule has 114 valence electrons. The summed E-state index contributed by atoms with van der Waals surface area (Å²) in [6, 6.07) is 18.1. The van der Waals surface area contributed by atoms with Crippen molar-refractivity contribution >= 4 is 47.0 Å². The van der Waals surface area contributed by atoms with E-state index in [9.17, 15) is 0 Å². The van der Waals surface area contributed by atoms with E-state index in [4.69, 9.17) is 0 Å². The van der Waals surface area contributed by atoms with Gasteiger partial charge in [-0.3, -0.25) is 0 Å². The summed E-state index contributed by atoms with van der Waals surface area (Å²) in [6.45, 7) is 0. The van der Waals surface area contributed by atoms with Crippen LogP contribution in [-0.2, 0) is 0 Å². The van der Waals surface area contributed by atoms with Gasteiger partial charge in [-0.2, -0.15) is 23.5 Å². The number of hydrogen-bond donors (Lipinski definition) is 0. The lowest BCUT2D eigenvalue weighted by Crippen LogP contribution is -1.87. The summed E-state index contributed by atoms with van der Waals surface area (Å²) in [4.78, 5) is 2.79. The van der Waals surface area contributed by atoms with Crippen LogP contribution in [0.4, 0.5) is 0 Å². The molecule has 0 N–H and O–H groups in total. The lowest BCUT2D eigenvalue weighted by molar-refractivity contribution is 1.26. The summed E-state index contributed by atoms with van der Waals surface area (Å²) >= 11 is 8.12. The molecule has 0 saturated carbocycles. The van der Waals surface area contributed by atoms with Crippen LogP contribution in [0.5, 0.6) is 0 Å². The Kier molecular flexibility index (Phi) is 5.01. The molecule has 0 bridgehead atoms. The highest BCUT2D eigenvalue weighted by molar-refractivity contribution is 8.09. The topological polar surface area (TPSA) is 0 Å². The maximum atomic E-state index is 2.26. The van der Waals surface area contributed by atoms with Crippen LogP contribution >= 0.6 is 47.0 Å². The third-order valence-corrected chi connectivity index (χ3v) is 8.43. The average molecular weight is 363 g/mol. The molecule has 0 spiro atoms. The molecule has 2 aromatic carbocycles. The molecule has 0 nitrogen and oxygen atoms in total. The lowest BCUT2D eigenvalue weighted by atomic mass is 10.1. The van der Waals surface area contributed by atoms with Crippen molar-refractivity contribution in [2.45, 2.75) is 20.3 Å². The monoisotopic (exact) mass is 362 g/mol. The lowest BCUT2D eigenvalue weighted by Gasteiger charge is -2.06. The second-order valence-corrected chi connectivity index (χ2v) is 10.4. The third-order valence-electron chi connectivity index (χ3n) is 3.72. The highest BCUT2D eigenvalue weighted by atomic mass is 32.2. The maximum Gasteiger partial charge on any atom is 0.0232 e. The molecule has 22 heavy (non-hydrogen) atoms. The molecule has 2 aliphatic heterocycles. The SMILES string of the molecule is c1cc(-c2ccc(SCC3CS3)cc2)ccc1SCC1CS1. The van der Waals surface area contributed by atoms with Crippen LogP contribution in [-0.4, -0.2) is 33.5 Å². The Morgan fingerprint density at radius 2 is 1.05 bits per heavy atom. The Morgan fingerprint density at radius 1 is 0.682 bits per heavy atom. The van der Waals surface area contributed by atoms with E-state index < -0.39 is 0 Å². The first-order chi connectivity index (χ1) is 10.9. The molecule has 0 radical (unpaired) electrons. The fraction of sp³-hybridized carbons (Fsp3) is 0.333. The van der Waals surface area contributed by atoms with E-state index in [1.54, 1.807) is 0 Å². The molecule has 0 amide bonds. The molecule has 2 heterocycles. The molecule has 4 heteroatoms. The Morgan fingerprint density at radius 3 is 1.36 bits per heavy atom. The first-order valence-electron chi connectivity index (χ1n) is 7.56. The summed E-state index contributed by atoms with van der Waals surface area (Å²) in [5, 5.41) is 1.81. The Bertz CT molecular complexity index is 555. The van der Waals surface area contributed by atoms with E-state index in [0.717, 1.165) is 10.5 Å². The second-order valence-electron chi connectivity index (χ2n) is 5.58. The number of thioether (sulfide) groups is 4. The normalized spacial score (nSPS) is 22.5. The van der Waals surface area contributed by atoms with Crippen molar-refractivity contribution in [3.63, 3.8) is 0 Å². The molecular formula is C18H18S4. The van der Waals surface area contributed by atoms with E-state index in [0.29, 0.717) is 0 Å². The Hall–Kier alpha value is -0.160. The van der Waals surface area contributed by atoms with Gasteiger partial charge >= 0.3 is 0 Å². The molecule has 2 atom stereocenters. The van der Waals surface area contributed by atoms with Crippen LogP contribution in [0.15, 0.2) is 58.3 Å². The van der Waals surface area contributed by atoms with E-state index >= 15 is 0 Å². The van der Waals surface area contributed by atoms with E-state index in [2.05, 4.69) is 72.1 Å². The summed E-state index contributed by atoms with van der Waals surface area (Å²) in [6.07, 6.45) is 0. The Balaban J connectivity index is 1.37. The van der Waals surface area contributed by atoms with Crippen molar-refractivity contribution in [2.24, 2.45) is 0 Å². The van der Waals surface area contributed by atoms with E-state index in [1.807, 2.05) is 23.5 Å². The van der Waals surface area contributed by atoms with Crippen molar-refractivity contribution in [1.29, 1.82) is 0 Å². The van der Waals surface area contributed by atoms with Gasteiger partial charge in [0.2, 0.25) is 0 Å². The molecule has 2 saturated heterocycles. The van der Waals surface area contributed by atoms with Crippen molar-refractivity contribution in [1.82, 2.24) is 0 Å². The van der Waals surface area contributed by atoms with Gasteiger partial charge in [0.15, 0.2) is 0 Å². The van der Waals surface area contributed by atoms with Crippen molar-refractivity contribution < 1.29 is 0 Å². The van der Waals surface area contributed by atoms with Crippen LogP contribution in [0.25, 0.3) is 11.1 Å². The van der Waals surface area contributed by atoms with Crippen LogP contribution in [0.2, 0.25) is 0 Å².